The fourth-order valence-electron chi connectivity index (χ4n) is 3.98. The lowest BCUT2D eigenvalue weighted by Gasteiger charge is -2.24. The largest absolute Gasteiger partial charge is 0.506 e. The van der Waals surface area contributed by atoms with E-state index in [0.29, 0.717) is 15.8 Å². The molecule has 0 aliphatic carbocycles. The summed E-state index contributed by atoms with van der Waals surface area (Å²) in [5.74, 6) is 0.187. The highest BCUT2D eigenvalue weighted by Gasteiger charge is 2.39. The lowest BCUT2D eigenvalue weighted by Crippen LogP contribution is -2.25. The number of phenolic OH excluding ortho intramolecular Hbond substituents is 1. The summed E-state index contributed by atoms with van der Waals surface area (Å²) in [5.41, 5.74) is 4.77. The Kier molecular flexibility index (Phi) is 4.77. The van der Waals surface area contributed by atoms with Gasteiger partial charge in [-0.25, -0.2) is 0 Å². The number of rotatable bonds is 3. The molecule has 1 aliphatic heterocycles. The zero-order valence-corrected chi connectivity index (χ0v) is 17.4. The van der Waals surface area contributed by atoms with Crippen molar-refractivity contribution in [2.75, 3.05) is 7.05 Å². The van der Waals surface area contributed by atoms with Crippen molar-refractivity contribution in [2.24, 2.45) is 0 Å². The number of benzene rings is 1. The van der Waals surface area contributed by atoms with E-state index < -0.39 is 0 Å². The van der Waals surface area contributed by atoms with Gasteiger partial charge in [0.05, 0.1) is 23.5 Å². The minimum Gasteiger partial charge on any atom is -0.506 e. The third-order valence-corrected chi connectivity index (χ3v) is 5.95. The fourth-order valence-corrected chi connectivity index (χ4v) is 4.39. The molecule has 1 fully saturated rings. The van der Waals surface area contributed by atoms with E-state index in [1.54, 1.807) is 24.4 Å². The van der Waals surface area contributed by atoms with Crippen LogP contribution in [0.25, 0.3) is 5.69 Å². The van der Waals surface area contributed by atoms with Gasteiger partial charge in [-0.15, -0.1) is 0 Å². The number of aryl methyl sites for hydroxylation is 1. The summed E-state index contributed by atoms with van der Waals surface area (Å²) < 4.78 is 2.03. The zero-order chi connectivity index (χ0) is 20.0. The van der Waals surface area contributed by atoms with Crippen molar-refractivity contribution < 1.29 is 5.11 Å². The predicted molar refractivity (Wildman–Crippen MR) is 115 cm³/mol. The van der Waals surface area contributed by atoms with Gasteiger partial charge in [0.15, 0.2) is 5.11 Å². The molecule has 0 spiro atoms. The number of thiocarbonyl (C=S) groups is 1. The molecule has 1 saturated heterocycles. The van der Waals surface area contributed by atoms with Gasteiger partial charge in [0.1, 0.15) is 5.75 Å². The molecule has 0 unspecified atom stereocenters. The maximum absolute atomic E-state index is 10.4. The Hall–Kier alpha value is -2.57. The predicted octanol–water partition coefficient (Wildman–Crippen LogP) is 4.45. The molecule has 3 heterocycles. The quantitative estimate of drug-likeness (QED) is 0.622. The molecule has 0 bridgehead atoms. The van der Waals surface area contributed by atoms with Crippen LogP contribution >= 0.6 is 23.8 Å². The first-order chi connectivity index (χ1) is 13.4. The van der Waals surface area contributed by atoms with E-state index in [0.717, 1.165) is 22.6 Å². The fraction of sp³-hybridized carbons (Fsp3) is 0.238. The third-order valence-electron chi connectivity index (χ3n) is 5.31. The SMILES string of the molecule is Cc1cc([C@H]2[C@H](c3ccccn3)NC(=S)N2C)c(C)n1-c1cc(Cl)ccc1O. The van der Waals surface area contributed by atoms with Crippen LogP contribution in [0.1, 0.15) is 34.7 Å². The first-order valence-corrected chi connectivity index (χ1v) is 9.79. The Labute approximate surface area is 174 Å². The number of aromatic hydroxyl groups is 1. The van der Waals surface area contributed by atoms with Gasteiger partial charge < -0.3 is 19.9 Å². The van der Waals surface area contributed by atoms with Crippen molar-refractivity contribution in [1.82, 2.24) is 19.8 Å². The smallest absolute Gasteiger partial charge is 0.169 e. The zero-order valence-electron chi connectivity index (χ0n) is 15.8. The van der Waals surface area contributed by atoms with Crippen LogP contribution in [-0.2, 0) is 0 Å². The van der Waals surface area contributed by atoms with Crippen LogP contribution in [0.5, 0.6) is 5.75 Å². The average molecular weight is 413 g/mol. The van der Waals surface area contributed by atoms with Crippen LogP contribution in [0.4, 0.5) is 0 Å². The molecule has 2 N–H and O–H groups in total. The Bertz CT molecular complexity index is 1050. The maximum Gasteiger partial charge on any atom is 0.169 e. The summed E-state index contributed by atoms with van der Waals surface area (Å²) >= 11 is 11.7. The van der Waals surface area contributed by atoms with E-state index >= 15 is 0 Å². The van der Waals surface area contributed by atoms with Crippen LogP contribution < -0.4 is 5.32 Å². The number of hydrogen-bond acceptors (Lipinski definition) is 3. The van der Waals surface area contributed by atoms with Crippen LogP contribution in [0.15, 0.2) is 48.7 Å². The summed E-state index contributed by atoms with van der Waals surface area (Å²) in [6, 6.07) is 13.0. The van der Waals surface area contributed by atoms with Crippen molar-refractivity contribution in [3.8, 4) is 11.4 Å². The van der Waals surface area contributed by atoms with Crippen molar-refractivity contribution in [1.29, 1.82) is 0 Å². The van der Waals surface area contributed by atoms with Gasteiger partial charge in [-0.05, 0) is 68.0 Å². The second kappa shape index (κ2) is 7.11. The molecule has 28 heavy (non-hydrogen) atoms. The van der Waals surface area contributed by atoms with Gasteiger partial charge in [-0.3, -0.25) is 4.98 Å². The summed E-state index contributed by atoms with van der Waals surface area (Å²) in [7, 11) is 1.99. The van der Waals surface area contributed by atoms with Crippen molar-refractivity contribution >= 4 is 28.9 Å². The Morgan fingerprint density at radius 3 is 2.68 bits per heavy atom. The molecule has 0 amide bonds. The number of phenols is 1. The monoisotopic (exact) mass is 412 g/mol. The van der Waals surface area contributed by atoms with Crippen LogP contribution in [-0.4, -0.2) is 31.7 Å². The number of halogens is 1. The first kappa shape index (κ1) is 18.8. The maximum atomic E-state index is 10.4. The molecule has 4 rings (SSSR count). The number of nitrogens with zero attached hydrogens (tertiary/aromatic N) is 3. The summed E-state index contributed by atoms with van der Waals surface area (Å²) in [5, 5.41) is 15.1. The molecule has 2 aromatic heterocycles. The highest BCUT2D eigenvalue weighted by Crippen LogP contribution is 2.41. The second-order valence-electron chi connectivity index (χ2n) is 7.03. The number of nitrogens with one attached hydrogen (secondary N) is 1. The standard InChI is InChI=1S/C21H21ClN4OS/c1-12-10-15(13(2)26(12)17-11-14(22)7-8-18(17)27)20-19(24-21(28)25(20)3)16-6-4-5-9-23-16/h4-11,19-20,27H,1-3H3,(H,24,28)/t19-,20-/m0/s1. The first-order valence-electron chi connectivity index (χ1n) is 9.00. The average Bonchev–Trinajstić information content (AvgIpc) is 3.13. The number of likely N-dealkylation sites (N-methyl/N-ethyl adjacent to an activating group) is 1. The van der Waals surface area contributed by atoms with E-state index in [1.165, 1.54) is 0 Å². The van der Waals surface area contributed by atoms with Gasteiger partial charge in [-0.2, -0.15) is 0 Å². The normalized spacial score (nSPS) is 19.1. The van der Waals surface area contributed by atoms with Crippen molar-refractivity contribution in [3.63, 3.8) is 0 Å². The van der Waals surface area contributed by atoms with Crippen molar-refractivity contribution in [2.45, 2.75) is 25.9 Å². The van der Waals surface area contributed by atoms with Crippen molar-refractivity contribution in [3.05, 3.63) is 76.3 Å². The molecule has 3 aromatic rings. The van der Waals surface area contributed by atoms with E-state index in [9.17, 15) is 5.11 Å². The van der Waals surface area contributed by atoms with E-state index in [4.69, 9.17) is 23.8 Å². The van der Waals surface area contributed by atoms with E-state index in [1.807, 2.05) is 43.7 Å². The molecule has 0 radical (unpaired) electrons. The topological polar surface area (TPSA) is 53.3 Å². The summed E-state index contributed by atoms with van der Waals surface area (Å²) in [6.07, 6.45) is 1.79. The molecule has 5 nitrogen and oxygen atoms in total. The molecule has 2 atom stereocenters. The minimum absolute atomic E-state index is 0.0105. The minimum atomic E-state index is -0.0550. The highest BCUT2D eigenvalue weighted by atomic mass is 35.5. The Morgan fingerprint density at radius 2 is 1.96 bits per heavy atom. The van der Waals surface area contributed by atoms with Crippen LogP contribution in [0, 0.1) is 13.8 Å². The van der Waals surface area contributed by atoms with Gasteiger partial charge in [-0.1, -0.05) is 17.7 Å². The summed E-state index contributed by atoms with van der Waals surface area (Å²) in [4.78, 5) is 6.60. The van der Waals surface area contributed by atoms with Crippen LogP contribution in [0.2, 0.25) is 5.02 Å². The van der Waals surface area contributed by atoms with Gasteiger partial charge >= 0.3 is 0 Å². The lowest BCUT2D eigenvalue weighted by atomic mass is 9.97. The van der Waals surface area contributed by atoms with Gasteiger partial charge in [0.2, 0.25) is 0 Å². The molecular weight excluding hydrogens is 392 g/mol. The number of aromatic nitrogens is 2. The third kappa shape index (κ3) is 3.02. The molecule has 144 valence electrons. The Morgan fingerprint density at radius 1 is 1.18 bits per heavy atom. The summed E-state index contributed by atoms with van der Waals surface area (Å²) in [6.45, 7) is 4.07. The van der Waals surface area contributed by atoms with Gasteiger partial charge in [0, 0.05) is 29.7 Å². The lowest BCUT2D eigenvalue weighted by molar-refractivity contribution is 0.367. The molecule has 0 saturated carbocycles. The molecular formula is C21H21ClN4OS. The van der Waals surface area contributed by atoms with Crippen LogP contribution in [0.3, 0.4) is 0 Å². The highest BCUT2D eigenvalue weighted by molar-refractivity contribution is 7.80. The molecule has 1 aliphatic rings. The number of hydrogen-bond donors (Lipinski definition) is 2. The Balaban J connectivity index is 1.85. The van der Waals surface area contributed by atoms with Gasteiger partial charge in [0.25, 0.3) is 0 Å². The number of pyridine rings is 1. The van der Waals surface area contributed by atoms with E-state index in [2.05, 4.69) is 21.3 Å². The van der Waals surface area contributed by atoms with E-state index in [-0.39, 0.29) is 17.8 Å². The molecule has 1 aromatic carbocycles. The second-order valence-corrected chi connectivity index (χ2v) is 7.86. The molecule has 7 heteroatoms.